The molecule has 1 N–H and O–H groups in total. The van der Waals surface area contributed by atoms with E-state index in [-0.39, 0.29) is 29.3 Å². The molecule has 1 saturated heterocycles. The van der Waals surface area contributed by atoms with Crippen LogP contribution >= 0.6 is 0 Å². The lowest BCUT2D eigenvalue weighted by Crippen LogP contribution is -2.43. The Balaban J connectivity index is 1.88. The van der Waals surface area contributed by atoms with Crippen LogP contribution in [0.5, 0.6) is 0 Å². The molecule has 1 unspecified atom stereocenters. The average Bonchev–Trinajstić information content (AvgIpc) is 2.67. The number of aromatic nitrogens is 2. The number of nitrogens with one attached hydrogen (secondary N) is 1. The van der Waals surface area contributed by atoms with Gasteiger partial charge in [0.15, 0.2) is 17.5 Å². The van der Waals surface area contributed by atoms with Crippen molar-refractivity contribution in [3.63, 3.8) is 0 Å². The number of nitrogens with zero attached hydrogens (tertiary/aromatic N) is 3. The topological polar surface area (TPSA) is 58.1 Å². The summed E-state index contributed by atoms with van der Waals surface area (Å²) in [6.07, 6.45) is 3.85. The molecule has 1 atom stereocenters. The minimum Gasteiger partial charge on any atom is -0.334 e. The maximum atomic E-state index is 13.9. The quantitative estimate of drug-likeness (QED) is 0.804. The summed E-state index contributed by atoms with van der Waals surface area (Å²) in [5, 5.41) is 2.53. The van der Waals surface area contributed by atoms with E-state index in [0.717, 1.165) is 37.8 Å². The highest BCUT2D eigenvalue weighted by Gasteiger charge is 2.27. The Labute approximate surface area is 155 Å². The van der Waals surface area contributed by atoms with Crippen molar-refractivity contribution < 1.29 is 18.0 Å². The lowest BCUT2D eigenvalue weighted by atomic mass is 9.99. The van der Waals surface area contributed by atoms with E-state index in [2.05, 4.69) is 15.3 Å². The molecule has 3 rings (SSSR count). The number of amides is 1. The molecule has 0 radical (unpaired) electrons. The molecule has 1 amide bonds. The van der Waals surface area contributed by atoms with Crippen molar-refractivity contribution in [2.75, 3.05) is 11.9 Å². The van der Waals surface area contributed by atoms with Crippen molar-refractivity contribution in [3.8, 4) is 0 Å². The standard InChI is InChI=1S/C19H21F3N4O/c1-3-12-6-4-5-9-26(12)18(27)15-10-11(2)23-19(25-15)24-14-8-7-13(20)16(21)17(14)22/h7-8,10,12H,3-6,9H2,1-2H3,(H,23,24,25). The molecule has 1 aliphatic heterocycles. The van der Waals surface area contributed by atoms with E-state index in [1.807, 2.05) is 11.8 Å². The largest absolute Gasteiger partial charge is 0.334 e. The zero-order valence-electron chi connectivity index (χ0n) is 15.2. The van der Waals surface area contributed by atoms with E-state index in [1.165, 1.54) is 0 Å². The first-order chi connectivity index (χ1) is 12.9. The number of carbonyl (C=O) groups is 1. The molecular weight excluding hydrogens is 357 g/mol. The lowest BCUT2D eigenvalue weighted by molar-refractivity contribution is 0.0602. The van der Waals surface area contributed by atoms with Crippen LogP contribution in [0.1, 0.15) is 48.8 Å². The van der Waals surface area contributed by atoms with Gasteiger partial charge in [0.1, 0.15) is 5.69 Å². The summed E-state index contributed by atoms with van der Waals surface area (Å²) in [5.74, 6) is -4.48. The molecule has 0 saturated carbocycles. The molecule has 144 valence electrons. The van der Waals surface area contributed by atoms with Crippen molar-refractivity contribution in [1.82, 2.24) is 14.9 Å². The number of aryl methyl sites for hydroxylation is 1. The van der Waals surface area contributed by atoms with Gasteiger partial charge in [-0.15, -0.1) is 0 Å². The Morgan fingerprint density at radius 1 is 1.22 bits per heavy atom. The van der Waals surface area contributed by atoms with E-state index < -0.39 is 17.5 Å². The number of anilines is 2. The van der Waals surface area contributed by atoms with Crippen LogP contribution in [0.4, 0.5) is 24.8 Å². The molecule has 1 aromatic carbocycles. The Kier molecular flexibility index (Phi) is 5.62. The summed E-state index contributed by atoms with van der Waals surface area (Å²) in [4.78, 5) is 23.0. The van der Waals surface area contributed by atoms with Crippen molar-refractivity contribution in [2.45, 2.75) is 45.6 Å². The monoisotopic (exact) mass is 378 g/mol. The van der Waals surface area contributed by atoms with Gasteiger partial charge in [-0.3, -0.25) is 4.79 Å². The van der Waals surface area contributed by atoms with Crippen molar-refractivity contribution in [3.05, 3.63) is 47.0 Å². The molecule has 8 heteroatoms. The Morgan fingerprint density at radius 2 is 2.00 bits per heavy atom. The van der Waals surface area contributed by atoms with Crippen LogP contribution in [0.3, 0.4) is 0 Å². The maximum absolute atomic E-state index is 13.9. The van der Waals surface area contributed by atoms with Crippen molar-refractivity contribution in [1.29, 1.82) is 0 Å². The summed E-state index contributed by atoms with van der Waals surface area (Å²) < 4.78 is 40.4. The van der Waals surface area contributed by atoms with Gasteiger partial charge in [-0.05, 0) is 50.8 Å². The second kappa shape index (κ2) is 7.94. The molecule has 27 heavy (non-hydrogen) atoms. The van der Waals surface area contributed by atoms with Gasteiger partial charge < -0.3 is 10.2 Å². The normalized spacial score (nSPS) is 17.1. The van der Waals surface area contributed by atoms with Gasteiger partial charge in [0, 0.05) is 18.3 Å². The van der Waals surface area contributed by atoms with Crippen LogP contribution < -0.4 is 5.32 Å². The number of rotatable bonds is 4. The van der Waals surface area contributed by atoms with Gasteiger partial charge in [0.05, 0.1) is 5.69 Å². The SMILES string of the molecule is CCC1CCCCN1C(=O)c1cc(C)nc(Nc2ccc(F)c(F)c2F)n1. The molecule has 0 spiro atoms. The molecule has 0 bridgehead atoms. The number of hydrogen-bond acceptors (Lipinski definition) is 4. The molecule has 2 aromatic rings. The van der Waals surface area contributed by atoms with Gasteiger partial charge in [0.2, 0.25) is 5.95 Å². The first-order valence-corrected chi connectivity index (χ1v) is 8.98. The molecule has 1 fully saturated rings. The fourth-order valence-electron chi connectivity index (χ4n) is 3.32. The van der Waals surface area contributed by atoms with Crippen molar-refractivity contribution >= 4 is 17.5 Å². The number of likely N-dealkylation sites (tertiary alicyclic amines) is 1. The third-order valence-electron chi connectivity index (χ3n) is 4.71. The van der Waals surface area contributed by atoms with Gasteiger partial charge in [0.25, 0.3) is 5.91 Å². The maximum Gasteiger partial charge on any atom is 0.272 e. The van der Waals surface area contributed by atoms with Crippen LogP contribution in [0, 0.1) is 24.4 Å². The lowest BCUT2D eigenvalue weighted by Gasteiger charge is -2.35. The number of hydrogen-bond donors (Lipinski definition) is 1. The molecule has 1 aromatic heterocycles. The van der Waals surface area contributed by atoms with Crippen LogP contribution in [0.25, 0.3) is 0 Å². The second-order valence-electron chi connectivity index (χ2n) is 6.62. The molecule has 1 aliphatic rings. The van der Waals surface area contributed by atoms with Crippen molar-refractivity contribution in [2.24, 2.45) is 0 Å². The molecule has 5 nitrogen and oxygen atoms in total. The zero-order valence-corrected chi connectivity index (χ0v) is 15.2. The third-order valence-corrected chi connectivity index (χ3v) is 4.71. The Bertz CT molecular complexity index is 859. The van der Waals surface area contributed by atoms with E-state index in [9.17, 15) is 18.0 Å². The minimum absolute atomic E-state index is 0.0479. The summed E-state index contributed by atoms with van der Waals surface area (Å²) >= 11 is 0. The average molecular weight is 378 g/mol. The number of piperidine rings is 1. The fraction of sp³-hybridized carbons (Fsp3) is 0.421. The van der Waals surface area contributed by atoms with E-state index in [4.69, 9.17) is 0 Å². The number of halogens is 3. The van der Waals surface area contributed by atoms with E-state index >= 15 is 0 Å². The fourth-order valence-corrected chi connectivity index (χ4v) is 3.32. The third kappa shape index (κ3) is 4.04. The predicted octanol–water partition coefficient (Wildman–Crippen LogP) is 4.35. The Morgan fingerprint density at radius 3 is 2.74 bits per heavy atom. The Hall–Kier alpha value is -2.64. The summed E-state index contributed by atoms with van der Waals surface area (Å²) in [6.45, 7) is 4.39. The first-order valence-electron chi connectivity index (χ1n) is 8.98. The smallest absolute Gasteiger partial charge is 0.272 e. The predicted molar refractivity (Wildman–Crippen MR) is 95.3 cm³/mol. The number of carbonyl (C=O) groups excluding carboxylic acids is 1. The van der Waals surface area contributed by atoms with Gasteiger partial charge in [-0.25, -0.2) is 23.1 Å². The van der Waals surface area contributed by atoms with Crippen LogP contribution in [0.2, 0.25) is 0 Å². The highest BCUT2D eigenvalue weighted by atomic mass is 19.2. The summed E-state index contributed by atoms with van der Waals surface area (Å²) in [7, 11) is 0. The van der Waals surface area contributed by atoms with E-state index in [0.29, 0.717) is 12.2 Å². The van der Waals surface area contributed by atoms with Crippen LogP contribution in [-0.2, 0) is 0 Å². The molecular formula is C19H21F3N4O. The molecule has 2 heterocycles. The van der Waals surface area contributed by atoms with Gasteiger partial charge in [-0.1, -0.05) is 6.92 Å². The first kappa shape index (κ1) is 19.1. The van der Waals surface area contributed by atoms with Gasteiger partial charge in [-0.2, -0.15) is 0 Å². The van der Waals surface area contributed by atoms with E-state index in [1.54, 1.807) is 13.0 Å². The van der Waals surface area contributed by atoms with Crippen LogP contribution in [0.15, 0.2) is 18.2 Å². The summed E-state index contributed by atoms with van der Waals surface area (Å²) in [6, 6.07) is 3.60. The second-order valence-corrected chi connectivity index (χ2v) is 6.62. The highest BCUT2D eigenvalue weighted by Crippen LogP contribution is 2.24. The highest BCUT2D eigenvalue weighted by molar-refractivity contribution is 5.93. The van der Waals surface area contributed by atoms with Crippen LogP contribution in [-0.4, -0.2) is 33.4 Å². The summed E-state index contributed by atoms with van der Waals surface area (Å²) in [5.41, 5.74) is 0.388. The zero-order chi connectivity index (χ0) is 19.6. The molecule has 0 aliphatic carbocycles. The minimum atomic E-state index is -1.58. The number of benzene rings is 1. The van der Waals surface area contributed by atoms with Gasteiger partial charge >= 0.3 is 0 Å².